The van der Waals surface area contributed by atoms with Crippen LogP contribution in [0.4, 0.5) is 5.69 Å². The molecule has 8 heteroatoms. The molecule has 24 heavy (non-hydrogen) atoms. The summed E-state index contributed by atoms with van der Waals surface area (Å²) in [6, 6.07) is 14.2. The molecule has 0 saturated heterocycles. The highest BCUT2D eigenvalue weighted by Gasteiger charge is 2.11. The molecule has 0 unspecified atom stereocenters. The number of aromatic amines is 1. The Morgan fingerprint density at radius 1 is 1.00 bits per heavy atom. The van der Waals surface area contributed by atoms with Crippen LogP contribution in [0.2, 0.25) is 0 Å². The van der Waals surface area contributed by atoms with Crippen molar-refractivity contribution < 1.29 is 0 Å². The van der Waals surface area contributed by atoms with Gasteiger partial charge in [-0.1, -0.05) is 30.3 Å². The summed E-state index contributed by atoms with van der Waals surface area (Å²) in [6.07, 6.45) is 0. The van der Waals surface area contributed by atoms with Gasteiger partial charge in [0.2, 0.25) is 5.96 Å². The summed E-state index contributed by atoms with van der Waals surface area (Å²) in [5, 5.41) is 0. The number of fused-ring (bicyclic) bond motifs is 1. The fraction of sp³-hybridized carbons (Fsp3) is 0. The Bertz CT molecular complexity index is 1020. The summed E-state index contributed by atoms with van der Waals surface area (Å²) < 4.78 is 0. The number of rotatable bonds is 2. The lowest BCUT2D eigenvalue weighted by molar-refractivity contribution is 1.22. The van der Waals surface area contributed by atoms with Gasteiger partial charge in [-0.15, -0.1) is 0 Å². The highest BCUT2D eigenvalue weighted by molar-refractivity contribution is 5.94. The van der Waals surface area contributed by atoms with Crippen LogP contribution in [0.15, 0.2) is 63.3 Å². The van der Waals surface area contributed by atoms with Gasteiger partial charge in [0.25, 0.3) is 5.56 Å². The van der Waals surface area contributed by atoms with Gasteiger partial charge in [-0.05, 0) is 18.2 Å². The molecule has 0 aliphatic heterocycles. The third kappa shape index (κ3) is 3.07. The minimum absolute atomic E-state index is 0.111. The van der Waals surface area contributed by atoms with E-state index in [4.69, 9.17) is 17.2 Å². The number of hydrogen-bond acceptors (Lipinski definition) is 3. The van der Waals surface area contributed by atoms with Crippen LogP contribution in [0.5, 0.6) is 0 Å². The average molecular weight is 321 g/mol. The highest BCUT2D eigenvalue weighted by Crippen LogP contribution is 2.27. The number of hydrogen-bond donors (Lipinski definition) is 4. The zero-order valence-electron chi connectivity index (χ0n) is 12.6. The van der Waals surface area contributed by atoms with Crippen molar-refractivity contribution in [2.45, 2.75) is 0 Å². The number of benzene rings is 2. The first-order chi connectivity index (χ1) is 11.5. The Morgan fingerprint density at radius 3 is 2.50 bits per heavy atom. The first kappa shape index (κ1) is 15.2. The maximum Gasteiger partial charge on any atom is 0.275 e. The second-order valence-electron chi connectivity index (χ2n) is 4.96. The number of nitrogens with zero attached hydrogens (tertiary/aromatic N) is 3. The second kappa shape index (κ2) is 6.21. The van der Waals surface area contributed by atoms with E-state index in [0.29, 0.717) is 22.3 Å². The van der Waals surface area contributed by atoms with Crippen molar-refractivity contribution in [1.29, 1.82) is 0 Å². The number of nitrogens with two attached hydrogens (primary N) is 3. The van der Waals surface area contributed by atoms with E-state index in [9.17, 15) is 4.79 Å². The summed E-state index contributed by atoms with van der Waals surface area (Å²) in [4.78, 5) is 27.4. The number of aromatic nitrogens is 2. The zero-order chi connectivity index (χ0) is 17.1. The number of H-pyrrole nitrogens is 1. The first-order valence-corrected chi connectivity index (χ1v) is 7.07. The Balaban J connectivity index is 2.19. The van der Waals surface area contributed by atoms with Gasteiger partial charge in [0.05, 0.1) is 16.7 Å². The van der Waals surface area contributed by atoms with Crippen LogP contribution in [-0.4, -0.2) is 21.9 Å². The average Bonchev–Trinajstić information content (AvgIpc) is 2.54. The van der Waals surface area contributed by atoms with Crippen LogP contribution in [0.25, 0.3) is 22.3 Å². The van der Waals surface area contributed by atoms with Gasteiger partial charge >= 0.3 is 0 Å². The predicted molar refractivity (Wildman–Crippen MR) is 94.9 cm³/mol. The van der Waals surface area contributed by atoms with E-state index >= 15 is 0 Å². The smallest absolute Gasteiger partial charge is 0.275 e. The number of guanidine groups is 2. The lowest BCUT2D eigenvalue weighted by atomic mass is 10.1. The maximum atomic E-state index is 12.4. The van der Waals surface area contributed by atoms with Crippen molar-refractivity contribution in [2.24, 2.45) is 27.2 Å². The monoisotopic (exact) mass is 321 g/mol. The summed E-state index contributed by atoms with van der Waals surface area (Å²) in [5.41, 5.74) is 18.5. The van der Waals surface area contributed by atoms with Crippen molar-refractivity contribution in [2.75, 3.05) is 0 Å². The van der Waals surface area contributed by atoms with Gasteiger partial charge in [0.1, 0.15) is 5.69 Å². The van der Waals surface area contributed by atoms with Crippen molar-refractivity contribution in [3.63, 3.8) is 0 Å². The van der Waals surface area contributed by atoms with Crippen LogP contribution in [-0.2, 0) is 0 Å². The van der Waals surface area contributed by atoms with Gasteiger partial charge in [-0.3, -0.25) is 4.79 Å². The molecule has 1 aromatic heterocycles. The van der Waals surface area contributed by atoms with Gasteiger partial charge in [-0.25, -0.2) is 9.98 Å². The molecule has 2 aromatic carbocycles. The molecule has 0 spiro atoms. The van der Waals surface area contributed by atoms with E-state index in [2.05, 4.69) is 20.0 Å². The molecule has 8 nitrogen and oxygen atoms in total. The normalized spacial score (nSPS) is 11.4. The summed E-state index contributed by atoms with van der Waals surface area (Å²) in [6.45, 7) is 0. The largest absolute Gasteiger partial charge is 0.370 e. The molecule has 3 rings (SSSR count). The third-order valence-electron chi connectivity index (χ3n) is 3.24. The van der Waals surface area contributed by atoms with Gasteiger partial charge in [0, 0.05) is 5.56 Å². The minimum Gasteiger partial charge on any atom is -0.370 e. The lowest BCUT2D eigenvalue weighted by Crippen LogP contribution is -2.26. The van der Waals surface area contributed by atoms with Crippen LogP contribution < -0.4 is 22.8 Å². The Morgan fingerprint density at radius 2 is 1.71 bits per heavy atom. The second-order valence-corrected chi connectivity index (χ2v) is 4.96. The van der Waals surface area contributed by atoms with E-state index < -0.39 is 0 Å². The fourth-order valence-corrected chi connectivity index (χ4v) is 2.26. The molecular weight excluding hydrogens is 306 g/mol. The summed E-state index contributed by atoms with van der Waals surface area (Å²) >= 11 is 0. The van der Waals surface area contributed by atoms with E-state index in [1.165, 1.54) is 0 Å². The van der Waals surface area contributed by atoms with E-state index in [-0.39, 0.29) is 23.2 Å². The van der Waals surface area contributed by atoms with Crippen LogP contribution in [0, 0.1) is 0 Å². The number of para-hydroxylation sites is 3. The molecule has 0 aliphatic rings. The first-order valence-electron chi connectivity index (χ1n) is 7.07. The maximum absolute atomic E-state index is 12.4. The Hall–Kier alpha value is -3.68. The predicted octanol–water partition coefficient (Wildman–Crippen LogP) is 0.810. The van der Waals surface area contributed by atoms with E-state index in [1.807, 2.05) is 18.2 Å². The van der Waals surface area contributed by atoms with Gasteiger partial charge in [0.15, 0.2) is 5.96 Å². The van der Waals surface area contributed by atoms with E-state index in [1.54, 1.807) is 30.3 Å². The minimum atomic E-state index is -0.322. The van der Waals surface area contributed by atoms with Crippen LogP contribution in [0.3, 0.4) is 0 Å². The van der Waals surface area contributed by atoms with Crippen molar-refractivity contribution in [1.82, 2.24) is 9.97 Å². The highest BCUT2D eigenvalue weighted by atomic mass is 16.1. The van der Waals surface area contributed by atoms with Crippen molar-refractivity contribution in [3.8, 4) is 11.3 Å². The van der Waals surface area contributed by atoms with Gasteiger partial charge in [-0.2, -0.15) is 4.99 Å². The van der Waals surface area contributed by atoms with E-state index in [0.717, 1.165) is 0 Å². The standard InChI is InChI=1S/C16H15N7O/c17-15(18)23-16(19)22-10-6-2-1-5-9(10)13-14(24)21-12-8-4-3-7-11(12)20-13/h1-8H,(H,21,24)(H6,17,18,19,22,23). The molecule has 1 heterocycles. The van der Waals surface area contributed by atoms with Crippen molar-refractivity contribution in [3.05, 3.63) is 58.9 Å². The topological polar surface area (TPSA) is 149 Å². The molecule has 0 saturated carbocycles. The molecule has 3 aromatic rings. The molecule has 0 fully saturated rings. The number of aliphatic imine (C=N–C) groups is 2. The molecule has 0 aliphatic carbocycles. The number of nitrogens with one attached hydrogen (secondary N) is 1. The fourth-order valence-electron chi connectivity index (χ4n) is 2.26. The quantitative estimate of drug-likeness (QED) is 0.407. The molecule has 7 N–H and O–H groups in total. The SMILES string of the molecule is NC(N)=NC(N)=Nc1ccccc1-c1nc2ccccc2[nH]c1=O. The third-order valence-corrected chi connectivity index (χ3v) is 3.24. The molecule has 0 atom stereocenters. The molecular formula is C16H15N7O. The molecule has 0 radical (unpaired) electrons. The van der Waals surface area contributed by atoms with Crippen LogP contribution in [0.1, 0.15) is 0 Å². The van der Waals surface area contributed by atoms with Crippen LogP contribution >= 0.6 is 0 Å². The molecule has 0 amide bonds. The lowest BCUT2D eigenvalue weighted by Gasteiger charge is -2.06. The van der Waals surface area contributed by atoms with Gasteiger partial charge < -0.3 is 22.2 Å². The zero-order valence-corrected chi connectivity index (χ0v) is 12.6. The molecule has 0 bridgehead atoms. The molecule has 120 valence electrons. The Labute approximate surface area is 136 Å². The summed E-state index contributed by atoms with van der Waals surface area (Å²) in [7, 11) is 0. The Kier molecular flexibility index (Phi) is 3.94. The summed E-state index contributed by atoms with van der Waals surface area (Å²) in [5.74, 6) is -0.310. The van der Waals surface area contributed by atoms with Crippen molar-refractivity contribution >= 4 is 28.6 Å².